The molecule has 25 heavy (non-hydrogen) atoms. The first-order chi connectivity index (χ1) is 12.1. The minimum atomic E-state index is -0.256. The Balaban J connectivity index is 1.91. The van der Waals surface area contributed by atoms with Crippen LogP contribution in [0.1, 0.15) is 18.4 Å². The van der Waals surface area contributed by atoms with Gasteiger partial charge in [-0.2, -0.15) is 5.10 Å². The molecule has 0 bridgehead atoms. The number of rotatable bonds is 2. The van der Waals surface area contributed by atoms with Crippen LogP contribution in [0.5, 0.6) is 0 Å². The molecule has 0 spiro atoms. The zero-order chi connectivity index (χ0) is 17.4. The van der Waals surface area contributed by atoms with Crippen LogP contribution in [0.4, 0.5) is 10.2 Å². The molecule has 1 aliphatic rings. The van der Waals surface area contributed by atoms with E-state index in [2.05, 4.69) is 5.32 Å². The predicted octanol–water partition coefficient (Wildman–Crippen LogP) is 5.73. The SMILES string of the molecule is Fc1ccc(-c2nn(-c3cc(Cl)cc(Cl)c3)c3c2CCCCN3)cc1. The van der Waals surface area contributed by atoms with Crippen molar-refractivity contribution in [2.24, 2.45) is 0 Å². The summed E-state index contributed by atoms with van der Waals surface area (Å²) in [5, 5.41) is 9.39. The monoisotopic (exact) mass is 375 g/mol. The van der Waals surface area contributed by atoms with E-state index in [9.17, 15) is 4.39 Å². The van der Waals surface area contributed by atoms with Crippen LogP contribution in [0.3, 0.4) is 0 Å². The first kappa shape index (κ1) is 16.4. The maximum absolute atomic E-state index is 13.3. The number of halogens is 3. The lowest BCUT2D eigenvalue weighted by molar-refractivity contribution is 0.628. The molecular weight excluding hydrogens is 360 g/mol. The van der Waals surface area contributed by atoms with E-state index in [4.69, 9.17) is 28.3 Å². The Hall–Kier alpha value is -2.04. The zero-order valence-corrected chi connectivity index (χ0v) is 14.9. The summed E-state index contributed by atoms with van der Waals surface area (Å²) < 4.78 is 15.1. The third-order valence-corrected chi connectivity index (χ3v) is 4.78. The second-order valence-electron chi connectivity index (χ2n) is 6.11. The molecule has 2 aromatic carbocycles. The van der Waals surface area contributed by atoms with E-state index in [-0.39, 0.29) is 5.82 Å². The predicted molar refractivity (Wildman–Crippen MR) is 100 cm³/mol. The Morgan fingerprint density at radius 1 is 1.00 bits per heavy atom. The number of benzene rings is 2. The summed E-state index contributed by atoms with van der Waals surface area (Å²) in [7, 11) is 0. The van der Waals surface area contributed by atoms with Gasteiger partial charge in [0.2, 0.25) is 0 Å². The van der Waals surface area contributed by atoms with E-state index < -0.39 is 0 Å². The molecule has 3 aromatic rings. The molecule has 6 heteroatoms. The molecule has 0 radical (unpaired) electrons. The van der Waals surface area contributed by atoms with Crippen LogP contribution >= 0.6 is 23.2 Å². The minimum absolute atomic E-state index is 0.256. The number of nitrogens with one attached hydrogen (secondary N) is 1. The topological polar surface area (TPSA) is 29.9 Å². The molecule has 1 N–H and O–H groups in total. The van der Waals surface area contributed by atoms with Crippen LogP contribution in [0.2, 0.25) is 10.0 Å². The molecule has 0 atom stereocenters. The molecule has 0 unspecified atom stereocenters. The van der Waals surface area contributed by atoms with E-state index >= 15 is 0 Å². The average molecular weight is 376 g/mol. The number of nitrogens with zero attached hydrogens (tertiary/aromatic N) is 2. The number of aromatic nitrogens is 2. The molecule has 1 aliphatic heterocycles. The third-order valence-electron chi connectivity index (χ3n) is 4.34. The highest BCUT2D eigenvalue weighted by atomic mass is 35.5. The fourth-order valence-corrected chi connectivity index (χ4v) is 3.70. The smallest absolute Gasteiger partial charge is 0.133 e. The number of fused-ring (bicyclic) bond motifs is 1. The van der Waals surface area contributed by atoms with Crippen LogP contribution in [-0.2, 0) is 6.42 Å². The van der Waals surface area contributed by atoms with Crippen molar-refractivity contribution in [1.29, 1.82) is 0 Å². The van der Waals surface area contributed by atoms with Crippen LogP contribution in [0, 0.1) is 5.82 Å². The van der Waals surface area contributed by atoms with Crippen molar-refractivity contribution >= 4 is 29.0 Å². The normalized spacial score (nSPS) is 13.9. The van der Waals surface area contributed by atoms with Crippen LogP contribution in [0.25, 0.3) is 16.9 Å². The van der Waals surface area contributed by atoms with E-state index in [1.165, 1.54) is 12.1 Å². The standard InChI is InChI=1S/C19H16Cl2FN3/c20-13-9-14(21)11-16(10-13)25-19-17(3-1-2-8-23-19)18(24-25)12-4-6-15(22)7-5-12/h4-7,9-11,23H,1-3,8H2. The Morgan fingerprint density at radius 3 is 2.44 bits per heavy atom. The maximum Gasteiger partial charge on any atom is 0.133 e. The largest absolute Gasteiger partial charge is 0.370 e. The third kappa shape index (κ3) is 3.24. The fourth-order valence-electron chi connectivity index (χ4n) is 3.19. The van der Waals surface area contributed by atoms with Crippen molar-refractivity contribution in [3.05, 3.63) is 63.9 Å². The average Bonchev–Trinajstić information content (AvgIpc) is 2.77. The van der Waals surface area contributed by atoms with Crippen LogP contribution < -0.4 is 5.32 Å². The lowest BCUT2D eigenvalue weighted by atomic mass is 10.0. The Bertz CT molecular complexity index is 899. The van der Waals surface area contributed by atoms with Crippen molar-refractivity contribution in [2.45, 2.75) is 19.3 Å². The Labute approximate surface area is 155 Å². The van der Waals surface area contributed by atoms with Crippen LogP contribution in [0.15, 0.2) is 42.5 Å². The number of hydrogen-bond donors (Lipinski definition) is 1. The molecule has 0 aliphatic carbocycles. The Morgan fingerprint density at radius 2 is 1.72 bits per heavy atom. The molecule has 0 saturated carbocycles. The van der Waals surface area contributed by atoms with Crippen LogP contribution in [-0.4, -0.2) is 16.3 Å². The lowest BCUT2D eigenvalue weighted by Crippen LogP contribution is -2.07. The van der Waals surface area contributed by atoms with Gasteiger partial charge in [-0.1, -0.05) is 23.2 Å². The Kier molecular flexibility index (Phi) is 4.40. The van der Waals surface area contributed by atoms with Crippen molar-refractivity contribution in [3.8, 4) is 16.9 Å². The van der Waals surface area contributed by atoms with Gasteiger partial charge < -0.3 is 5.32 Å². The number of hydrogen-bond acceptors (Lipinski definition) is 2. The van der Waals surface area contributed by atoms with Gasteiger partial charge in [0, 0.05) is 27.7 Å². The van der Waals surface area contributed by atoms with Gasteiger partial charge in [-0.15, -0.1) is 0 Å². The van der Waals surface area contributed by atoms with Gasteiger partial charge in [-0.3, -0.25) is 0 Å². The highest BCUT2D eigenvalue weighted by Gasteiger charge is 2.22. The molecule has 2 heterocycles. The van der Waals surface area contributed by atoms with Gasteiger partial charge in [-0.25, -0.2) is 9.07 Å². The van der Waals surface area contributed by atoms with Gasteiger partial charge in [0.25, 0.3) is 0 Å². The van der Waals surface area contributed by atoms with Crippen molar-refractivity contribution in [1.82, 2.24) is 9.78 Å². The molecule has 128 valence electrons. The summed E-state index contributed by atoms with van der Waals surface area (Å²) in [6.45, 7) is 0.885. The quantitative estimate of drug-likeness (QED) is 0.619. The van der Waals surface area contributed by atoms with E-state index in [0.717, 1.165) is 54.1 Å². The fraction of sp³-hybridized carbons (Fsp3) is 0.211. The summed E-state index contributed by atoms with van der Waals surface area (Å²) in [5.74, 6) is 0.698. The molecule has 4 rings (SSSR count). The van der Waals surface area contributed by atoms with E-state index in [0.29, 0.717) is 10.0 Å². The second kappa shape index (κ2) is 6.70. The van der Waals surface area contributed by atoms with Crippen molar-refractivity contribution in [2.75, 3.05) is 11.9 Å². The summed E-state index contributed by atoms with van der Waals surface area (Å²) in [6, 6.07) is 11.8. The summed E-state index contributed by atoms with van der Waals surface area (Å²) >= 11 is 12.3. The zero-order valence-electron chi connectivity index (χ0n) is 13.4. The van der Waals surface area contributed by atoms with Crippen molar-refractivity contribution < 1.29 is 4.39 Å². The van der Waals surface area contributed by atoms with E-state index in [1.807, 2.05) is 16.8 Å². The van der Waals surface area contributed by atoms with Gasteiger partial charge in [0.1, 0.15) is 11.6 Å². The highest BCUT2D eigenvalue weighted by molar-refractivity contribution is 6.34. The summed E-state index contributed by atoms with van der Waals surface area (Å²) in [5.41, 5.74) is 3.70. The first-order valence-electron chi connectivity index (χ1n) is 8.20. The maximum atomic E-state index is 13.3. The summed E-state index contributed by atoms with van der Waals surface area (Å²) in [4.78, 5) is 0. The minimum Gasteiger partial charge on any atom is -0.370 e. The van der Waals surface area contributed by atoms with E-state index in [1.54, 1.807) is 18.2 Å². The van der Waals surface area contributed by atoms with Gasteiger partial charge in [0.15, 0.2) is 0 Å². The van der Waals surface area contributed by atoms with Gasteiger partial charge in [0.05, 0.1) is 11.4 Å². The molecule has 0 amide bonds. The molecular formula is C19H16Cl2FN3. The lowest BCUT2D eigenvalue weighted by Gasteiger charge is -2.10. The molecule has 0 fully saturated rings. The number of anilines is 1. The highest BCUT2D eigenvalue weighted by Crippen LogP contribution is 2.35. The molecule has 1 aromatic heterocycles. The van der Waals surface area contributed by atoms with Gasteiger partial charge >= 0.3 is 0 Å². The molecule has 0 saturated heterocycles. The molecule has 3 nitrogen and oxygen atoms in total. The first-order valence-corrected chi connectivity index (χ1v) is 8.95. The van der Waals surface area contributed by atoms with Crippen molar-refractivity contribution in [3.63, 3.8) is 0 Å². The summed E-state index contributed by atoms with van der Waals surface area (Å²) in [6.07, 6.45) is 3.09. The second-order valence-corrected chi connectivity index (χ2v) is 6.98. The van der Waals surface area contributed by atoms with Gasteiger partial charge in [-0.05, 0) is 61.7 Å².